The lowest BCUT2D eigenvalue weighted by Crippen LogP contribution is -2.25. The molecular formula is C17H19ClN2O. The minimum atomic E-state index is -0.00950. The lowest BCUT2D eigenvalue weighted by Gasteiger charge is -2.24. The van der Waals surface area contributed by atoms with Crippen molar-refractivity contribution in [3.05, 3.63) is 58.6 Å². The van der Waals surface area contributed by atoms with Crippen molar-refractivity contribution in [1.82, 2.24) is 0 Å². The van der Waals surface area contributed by atoms with E-state index in [2.05, 4.69) is 17.0 Å². The van der Waals surface area contributed by atoms with E-state index in [1.165, 1.54) is 5.56 Å². The summed E-state index contributed by atoms with van der Waals surface area (Å²) in [7, 11) is 0. The number of para-hydroxylation sites is 1. The SMILES string of the molecule is CC(N)c1ccc(N2CCOc3ccccc3C2)c(Cl)c1. The van der Waals surface area contributed by atoms with Gasteiger partial charge in [-0.2, -0.15) is 0 Å². The average molecular weight is 303 g/mol. The molecule has 0 bridgehead atoms. The smallest absolute Gasteiger partial charge is 0.124 e. The number of hydrogen-bond acceptors (Lipinski definition) is 3. The van der Waals surface area contributed by atoms with Crippen molar-refractivity contribution in [2.45, 2.75) is 19.5 Å². The van der Waals surface area contributed by atoms with Crippen LogP contribution < -0.4 is 15.4 Å². The summed E-state index contributed by atoms with van der Waals surface area (Å²) in [6, 6.07) is 14.2. The predicted octanol–water partition coefficient (Wildman–Crippen LogP) is 3.76. The van der Waals surface area contributed by atoms with E-state index in [-0.39, 0.29) is 6.04 Å². The zero-order valence-corrected chi connectivity index (χ0v) is 12.8. The van der Waals surface area contributed by atoms with Gasteiger partial charge in [0.2, 0.25) is 0 Å². The maximum atomic E-state index is 6.45. The van der Waals surface area contributed by atoms with Crippen LogP contribution in [0.2, 0.25) is 5.02 Å². The number of rotatable bonds is 2. The molecule has 3 nitrogen and oxygen atoms in total. The molecule has 1 aliphatic rings. The summed E-state index contributed by atoms with van der Waals surface area (Å²) in [5, 5.41) is 0.740. The first-order valence-corrected chi connectivity index (χ1v) is 7.53. The highest BCUT2D eigenvalue weighted by Crippen LogP contribution is 2.32. The lowest BCUT2D eigenvalue weighted by molar-refractivity contribution is 0.331. The molecule has 0 aliphatic carbocycles. The molecule has 1 unspecified atom stereocenters. The molecular weight excluding hydrogens is 284 g/mol. The number of ether oxygens (including phenoxy) is 1. The molecule has 0 fully saturated rings. The van der Waals surface area contributed by atoms with Crippen LogP contribution in [0.4, 0.5) is 5.69 Å². The first kappa shape index (κ1) is 14.2. The highest BCUT2D eigenvalue weighted by atomic mass is 35.5. The van der Waals surface area contributed by atoms with Crippen molar-refractivity contribution >= 4 is 17.3 Å². The fraction of sp³-hybridized carbons (Fsp3) is 0.294. The van der Waals surface area contributed by atoms with Gasteiger partial charge in [0, 0.05) is 18.2 Å². The van der Waals surface area contributed by atoms with Crippen molar-refractivity contribution in [3.63, 3.8) is 0 Å². The van der Waals surface area contributed by atoms with Crippen molar-refractivity contribution in [2.75, 3.05) is 18.1 Å². The molecule has 0 aromatic heterocycles. The number of nitrogens with zero attached hydrogens (tertiary/aromatic N) is 1. The Kier molecular flexibility index (Phi) is 4.04. The molecule has 0 spiro atoms. The Bertz CT molecular complexity index is 642. The van der Waals surface area contributed by atoms with E-state index < -0.39 is 0 Å². The molecule has 1 atom stereocenters. The number of nitrogens with two attached hydrogens (primary N) is 1. The Morgan fingerprint density at radius 2 is 2.05 bits per heavy atom. The molecule has 1 heterocycles. The summed E-state index contributed by atoms with van der Waals surface area (Å²) in [5.74, 6) is 0.961. The molecule has 0 amide bonds. The largest absolute Gasteiger partial charge is 0.491 e. The quantitative estimate of drug-likeness (QED) is 0.918. The average Bonchev–Trinajstić information content (AvgIpc) is 2.69. The van der Waals surface area contributed by atoms with E-state index in [9.17, 15) is 0 Å². The molecule has 2 N–H and O–H groups in total. The molecule has 1 aliphatic heterocycles. The van der Waals surface area contributed by atoms with Crippen LogP contribution >= 0.6 is 11.6 Å². The number of anilines is 1. The lowest BCUT2D eigenvalue weighted by atomic mass is 10.1. The maximum Gasteiger partial charge on any atom is 0.124 e. The van der Waals surface area contributed by atoms with Gasteiger partial charge in [0.15, 0.2) is 0 Å². The second-order valence-corrected chi connectivity index (χ2v) is 5.78. The minimum absolute atomic E-state index is 0.00950. The van der Waals surface area contributed by atoms with Crippen LogP contribution in [-0.2, 0) is 6.54 Å². The maximum absolute atomic E-state index is 6.45. The van der Waals surface area contributed by atoms with Gasteiger partial charge in [0.1, 0.15) is 12.4 Å². The van der Waals surface area contributed by atoms with Crippen molar-refractivity contribution in [1.29, 1.82) is 0 Å². The Balaban J connectivity index is 1.91. The zero-order valence-electron chi connectivity index (χ0n) is 12.1. The molecule has 2 aromatic carbocycles. The molecule has 0 radical (unpaired) electrons. The number of fused-ring (bicyclic) bond motifs is 1. The van der Waals surface area contributed by atoms with Gasteiger partial charge in [-0.3, -0.25) is 0 Å². The van der Waals surface area contributed by atoms with E-state index in [0.29, 0.717) is 6.61 Å². The van der Waals surface area contributed by atoms with Crippen molar-refractivity contribution in [3.8, 4) is 5.75 Å². The summed E-state index contributed by atoms with van der Waals surface area (Å²) < 4.78 is 5.80. The van der Waals surface area contributed by atoms with Crippen LogP contribution in [0.15, 0.2) is 42.5 Å². The molecule has 21 heavy (non-hydrogen) atoms. The summed E-state index contributed by atoms with van der Waals surface area (Å²) in [6.07, 6.45) is 0. The topological polar surface area (TPSA) is 38.5 Å². The summed E-state index contributed by atoms with van der Waals surface area (Å²) in [6.45, 7) is 4.23. The number of hydrogen-bond donors (Lipinski definition) is 1. The van der Waals surface area contributed by atoms with Gasteiger partial charge >= 0.3 is 0 Å². The third-order valence-electron chi connectivity index (χ3n) is 3.79. The van der Waals surface area contributed by atoms with E-state index in [4.69, 9.17) is 22.1 Å². The van der Waals surface area contributed by atoms with Crippen molar-refractivity contribution < 1.29 is 4.74 Å². The van der Waals surface area contributed by atoms with Gasteiger partial charge < -0.3 is 15.4 Å². The highest BCUT2D eigenvalue weighted by molar-refractivity contribution is 6.33. The minimum Gasteiger partial charge on any atom is -0.491 e. The number of halogens is 1. The van der Waals surface area contributed by atoms with Crippen LogP contribution in [0.25, 0.3) is 0 Å². The molecule has 0 saturated heterocycles. The van der Waals surface area contributed by atoms with Crippen LogP contribution in [0.5, 0.6) is 5.75 Å². The Morgan fingerprint density at radius 3 is 2.81 bits per heavy atom. The first-order chi connectivity index (χ1) is 10.1. The van der Waals surface area contributed by atoms with Crippen LogP contribution in [-0.4, -0.2) is 13.2 Å². The summed E-state index contributed by atoms with van der Waals surface area (Å²) in [4.78, 5) is 2.25. The van der Waals surface area contributed by atoms with Gasteiger partial charge in [0.05, 0.1) is 17.3 Å². The molecule has 0 saturated carbocycles. The normalized spacial score (nSPS) is 15.9. The fourth-order valence-corrected chi connectivity index (χ4v) is 2.90. The van der Waals surface area contributed by atoms with E-state index in [1.807, 2.05) is 37.3 Å². The third-order valence-corrected chi connectivity index (χ3v) is 4.09. The molecule has 110 valence electrons. The van der Waals surface area contributed by atoms with Crippen LogP contribution in [0.3, 0.4) is 0 Å². The predicted molar refractivity (Wildman–Crippen MR) is 87.0 cm³/mol. The standard InChI is InChI=1S/C17H19ClN2O/c1-12(19)13-6-7-16(15(18)10-13)20-8-9-21-17-5-3-2-4-14(17)11-20/h2-7,10,12H,8-9,11,19H2,1H3. The van der Waals surface area contributed by atoms with Gasteiger partial charge in [0.25, 0.3) is 0 Å². The summed E-state index contributed by atoms with van der Waals surface area (Å²) in [5.41, 5.74) is 9.17. The summed E-state index contributed by atoms with van der Waals surface area (Å²) >= 11 is 6.45. The Labute approximate surface area is 130 Å². The van der Waals surface area contributed by atoms with Crippen molar-refractivity contribution in [2.24, 2.45) is 5.73 Å². The fourth-order valence-electron chi connectivity index (χ4n) is 2.59. The Morgan fingerprint density at radius 1 is 1.24 bits per heavy atom. The van der Waals surface area contributed by atoms with E-state index in [0.717, 1.165) is 35.1 Å². The van der Waals surface area contributed by atoms with Gasteiger partial charge in [-0.25, -0.2) is 0 Å². The third kappa shape index (κ3) is 2.99. The second-order valence-electron chi connectivity index (χ2n) is 5.38. The first-order valence-electron chi connectivity index (χ1n) is 7.16. The van der Waals surface area contributed by atoms with Gasteiger partial charge in [-0.1, -0.05) is 35.9 Å². The van der Waals surface area contributed by atoms with E-state index in [1.54, 1.807) is 0 Å². The Hall–Kier alpha value is -1.71. The van der Waals surface area contributed by atoms with Gasteiger partial charge in [-0.05, 0) is 30.7 Å². The van der Waals surface area contributed by atoms with Crippen LogP contribution in [0.1, 0.15) is 24.1 Å². The van der Waals surface area contributed by atoms with Gasteiger partial charge in [-0.15, -0.1) is 0 Å². The van der Waals surface area contributed by atoms with E-state index >= 15 is 0 Å². The molecule has 2 aromatic rings. The van der Waals surface area contributed by atoms with Crippen LogP contribution in [0, 0.1) is 0 Å². The number of benzene rings is 2. The monoisotopic (exact) mass is 302 g/mol. The highest BCUT2D eigenvalue weighted by Gasteiger charge is 2.17. The molecule has 3 rings (SSSR count). The second kappa shape index (κ2) is 5.96. The zero-order chi connectivity index (χ0) is 14.8. The molecule has 4 heteroatoms.